The molecule has 10 heteroatoms. The second-order valence-corrected chi connectivity index (χ2v) is 6.55. The summed E-state index contributed by atoms with van der Waals surface area (Å²) in [5.41, 5.74) is 0.940. The number of morpholine rings is 1. The van der Waals surface area contributed by atoms with Gasteiger partial charge in [0.1, 0.15) is 11.2 Å². The molecule has 0 aromatic carbocycles. The summed E-state index contributed by atoms with van der Waals surface area (Å²) >= 11 is 0. The number of nitrogens with zero attached hydrogens (tertiary/aromatic N) is 6. The van der Waals surface area contributed by atoms with Crippen LogP contribution in [-0.4, -0.2) is 56.5 Å². The molecule has 0 aliphatic carbocycles. The molecule has 1 aliphatic heterocycles. The second-order valence-electron chi connectivity index (χ2n) is 6.55. The van der Waals surface area contributed by atoms with Crippen molar-refractivity contribution in [2.24, 2.45) is 7.05 Å². The third-order valence-electron chi connectivity index (χ3n) is 4.66. The Morgan fingerprint density at radius 3 is 2.79 bits per heavy atom. The van der Waals surface area contributed by atoms with Crippen LogP contribution in [-0.2, 0) is 23.1 Å². The van der Waals surface area contributed by atoms with Crippen LogP contribution < -0.4 is 15.8 Å². The van der Waals surface area contributed by atoms with E-state index >= 15 is 0 Å². The monoisotopic (exact) mass is 383 g/mol. The molecule has 1 N–H and O–H groups in total. The van der Waals surface area contributed by atoms with Gasteiger partial charge in [-0.25, -0.2) is 9.97 Å². The Bertz CT molecular complexity index is 1040. The third kappa shape index (κ3) is 3.72. The maximum atomic E-state index is 12.4. The van der Waals surface area contributed by atoms with E-state index in [2.05, 4.69) is 25.3 Å². The second kappa shape index (κ2) is 7.77. The van der Waals surface area contributed by atoms with Crippen LogP contribution in [0.15, 0.2) is 35.6 Å². The van der Waals surface area contributed by atoms with Crippen LogP contribution in [0.5, 0.6) is 0 Å². The van der Waals surface area contributed by atoms with E-state index in [4.69, 9.17) is 4.74 Å². The molecular weight excluding hydrogens is 362 g/mol. The fourth-order valence-corrected chi connectivity index (χ4v) is 3.11. The standard InChI is InChI=1S/C18H21N7O3/c1-23-17-14(11-21-23)18(27)25(12-20-17)5-4-16(26)22-13-2-3-15(19-10-13)24-6-8-28-9-7-24/h2-3,10-12H,4-9H2,1H3,(H,22,26). The van der Waals surface area contributed by atoms with E-state index < -0.39 is 0 Å². The number of rotatable bonds is 5. The highest BCUT2D eigenvalue weighted by atomic mass is 16.5. The van der Waals surface area contributed by atoms with Crippen molar-refractivity contribution in [3.63, 3.8) is 0 Å². The lowest BCUT2D eigenvalue weighted by Crippen LogP contribution is -2.36. The van der Waals surface area contributed by atoms with Gasteiger partial charge in [-0.1, -0.05) is 0 Å². The molecule has 0 spiro atoms. The third-order valence-corrected chi connectivity index (χ3v) is 4.66. The quantitative estimate of drug-likeness (QED) is 0.679. The summed E-state index contributed by atoms with van der Waals surface area (Å²) in [4.78, 5) is 35.4. The van der Waals surface area contributed by atoms with E-state index in [0.29, 0.717) is 29.9 Å². The molecule has 1 aliphatic rings. The Kier molecular flexibility index (Phi) is 5.02. The molecule has 4 heterocycles. The van der Waals surface area contributed by atoms with Gasteiger partial charge >= 0.3 is 0 Å². The molecule has 0 atom stereocenters. The number of hydrogen-bond donors (Lipinski definition) is 1. The smallest absolute Gasteiger partial charge is 0.264 e. The van der Waals surface area contributed by atoms with E-state index in [-0.39, 0.29) is 24.4 Å². The highest BCUT2D eigenvalue weighted by Crippen LogP contribution is 2.15. The molecular formula is C18H21N7O3. The molecule has 3 aromatic rings. The van der Waals surface area contributed by atoms with E-state index in [1.807, 2.05) is 12.1 Å². The Balaban J connectivity index is 1.35. The zero-order valence-corrected chi connectivity index (χ0v) is 15.5. The summed E-state index contributed by atoms with van der Waals surface area (Å²) in [6.45, 7) is 3.24. The number of fused-ring (bicyclic) bond motifs is 1. The summed E-state index contributed by atoms with van der Waals surface area (Å²) in [7, 11) is 1.73. The number of amides is 1. The molecule has 0 saturated carbocycles. The summed E-state index contributed by atoms with van der Waals surface area (Å²) in [5, 5.41) is 7.28. The molecule has 3 aromatic heterocycles. The van der Waals surface area contributed by atoms with Gasteiger partial charge in [-0.2, -0.15) is 5.10 Å². The highest BCUT2D eigenvalue weighted by Gasteiger charge is 2.13. The molecule has 10 nitrogen and oxygen atoms in total. The molecule has 4 rings (SSSR count). The molecule has 1 fully saturated rings. The predicted octanol–water partition coefficient (Wildman–Crippen LogP) is 0.390. The fourth-order valence-electron chi connectivity index (χ4n) is 3.11. The number of hydrogen-bond acceptors (Lipinski definition) is 7. The predicted molar refractivity (Wildman–Crippen MR) is 103 cm³/mol. The zero-order chi connectivity index (χ0) is 19.5. The van der Waals surface area contributed by atoms with Crippen LogP contribution >= 0.6 is 0 Å². The van der Waals surface area contributed by atoms with E-state index in [1.54, 1.807) is 17.9 Å². The maximum Gasteiger partial charge on any atom is 0.264 e. The van der Waals surface area contributed by atoms with Crippen molar-refractivity contribution in [2.45, 2.75) is 13.0 Å². The molecule has 146 valence electrons. The van der Waals surface area contributed by atoms with Crippen molar-refractivity contribution >= 4 is 28.4 Å². The number of anilines is 2. The van der Waals surface area contributed by atoms with Gasteiger partial charge in [0.25, 0.3) is 5.56 Å². The fraction of sp³-hybridized carbons (Fsp3) is 0.389. The number of aromatic nitrogens is 5. The van der Waals surface area contributed by atoms with Crippen molar-refractivity contribution in [1.82, 2.24) is 24.3 Å². The first kappa shape index (κ1) is 18.1. The van der Waals surface area contributed by atoms with Crippen LogP contribution in [0.1, 0.15) is 6.42 Å². The Morgan fingerprint density at radius 2 is 2.04 bits per heavy atom. The van der Waals surface area contributed by atoms with Gasteiger partial charge in [0, 0.05) is 33.1 Å². The molecule has 0 bridgehead atoms. The number of carbonyl (C=O) groups is 1. The first-order chi connectivity index (χ1) is 13.6. The molecule has 1 saturated heterocycles. The molecule has 0 radical (unpaired) electrons. The normalized spacial score (nSPS) is 14.4. The summed E-state index contributed by atoms with van der Waals surface area (Å²) in [6.07, 6.45) is 4.72. The lowest BCUT2D eigenvalue weighted by molar-refractivity contribution is -0.116. The van der Waals surface area contributed by atoms with Gasteiger partial charge in [-0.3, -0.25) is 18.8 Å². The van der Waals surface area contributed by atoms with Crippen LogP contribution in [0.25, 0.3) is 11.0 Å². The summed E-state index contributed by atoms with van der Waals surface area (Å²) in [6, 6.07) is 3.71. The number of nitrogens with one attached hydrogen (secondary N) is 1. The lowest BCUT2D eigenvalue weighted by atomic mass is 10.3. The molecule has 1 amide bonds. The van der Waals surface area contributed by atoms with Crippen molar-refractivity contribution in [3.05, 3.63) is 41.2 Å². The maximum absolute atomic E-state index is 12.4. The largest absolute Gasteiger partial charge is 0.378 e. The lowest BCUT2D eigenvalue weighted by Gasteiger charge is -2.27. The number of ether oxygens (including phenoxy) is 1. The van der Waals surface area contributed by atoms with Gasteiger partial charge in [-0.05, 0) is 12.1 Å². The van der Waals surface area contributed by atoms with Crippen LogP contribution in [0, 0.1) is 0 Å². The van der Waals surface area contributed by atoms with Gasteiger partial charge in [-0.15, -0.1) is 0 Å². The van der Waals surface area contributed by atoms with Gasteiger partial charge in [0.2, 0.25) is 5.91 Å². The molecule has 28 heavy (non-hydrogen) atoms. The van der Waals surface area contributed by atoms with Crippen LogP contribution in [0.2, 0.25) is 0 Å². The summed E-state index contributed by atoms with van der Waals surface area (Å²) < 4.78 is 8.30. The Morgan fingerprint density at radius 1 is 1.21 bits per heavy atom. The Labute approximate surface area is 160 Å². The van der Waals surface area contributed by atoms with E-state index in [0.717, 1.165) is 18.9 Å². The Hall–Kier alpha value is -3.27. The number of pyridine rings is 1. The van der Waals surface area contributed by atoms with Gasteiger partial charge in [0.15, 0.2) is 5.65 Å². The highest BCUT2D eigenvalue weighted by molar-refractivity contribution is 5.90. The van der Waals surface area contributed by atoms with E-state index in [1.165, 1.54) is 17.1 Å². The minimum atomic E-state index is -0.206. The van der Waals surface area contributed by atoms with Crippen LogP contribution in [0.4, 0.5) is 11.5 Å². The van der Waals surface area contributed by atoms with Crippen LogP contribution in [0.3, 0.4) is 0 Å². The first-order valence-corrected chi connectivity index (χ1v) is 9.07. The molecule has 0 unspecified atom stereocenters. The average Bonchev–Trinajstić information content (AvgIpc) is 3.10. The number of carbonyl (C=O) groups excluding carboxylic acids is 1. The zero-order valence-electron chi connectivity index (χ0n) is 15.5. The van der Waals surface area contributed by atoms with Crippen molar-refractivity contribution in [1.29, 1.82) is 0 Å². The average molecular weight is 383 g/mol. The van der Waals surface area contributed by atoms with Gasteiger partial charge in [0.05, 0.1) is 37.6 Å². The van der Waals surface area contributed by atoms with Crippen molar-refractivity contribution in [3.8, 4) is 0 Å². The van der Waals surface area contributed by atoms with Gasteiger partial charge < -0.3 is 15.0 Å². The minimum absolute atomic E-state index is 0.151. The summed E-state index contributed by atoms with van der Waals surface area (Å²) in [5.74, 6) is 0.669. The topological polar surface area (TPSA) is 107 Å². The SMILES string of the molecule is Cn1ncc2c(=O)n(CCC(=O)Nc3ccc(N4CCOCC4)nc3)cnc21. The van der Waals surface area contributed by atoms with Crippen molar-refractivity contribution < 1.29 is 9.53 Å². The van der Waals surface area contributed by atoms with Crippen molar-refractivity contribution in [2.75, 3.05) is 36.5 Å². The van der Waals surface area contributed by atoms with E-state index in [9.17, 15) is 9.59 Å². The minimum Gasteiger partial charge on any atom is -0.378 e. The number of aryl methyl sites for hydroxylation is 2. The first-order valence-electron chi connectivity index (χ1n) is 9.07.